The first kappa shape index (κ1) is 23.4. The van der Waals surface area contributed by atoms with Crippen LogP contribution in [0.2, 0.25) is 0 Å². The number of rotatable bonds is 4. The molecule has 1 saturated heterocycles. The largest absolute Gasteiger partial charge is 0.369 e. The fourth-order valence-electron chi connectivity index (χ4n) is 4.48. The highest BCUT2D eigenvalue weighted by Gasteiger charge is 2.37. The SMILES string of the molecule is CC1CC(C)(C)N(C)c2cc(F)c(/C=C3/NC(=O)N(CC(=O)Nc4ccccc4F)C3=O)cc21. The number of para-hydroxylation sites is 1. The van der Waals surface area contributed by atoms with Crippen molar-refractivity contribution in [2.24, 2.45) is 0 Å². The summed E-state index contributed by atoms with van der Waals surface area (Å²) >= 11 is 0. The number of anilines is 2. The van der Waals surface area contributed by atoms with Crippen LogP contribution in [0.15, 0.2) is 42.1 Å². The Morgan fingerprint density at radius 1 is 1.21 bits per heavy atom. The second-order valence-electron chi connectivity index (χ2n) is 9.32. The molecule has 2 aromatic carbocycles. The standard InChI is InChI=1S/C25H26F2N4O3/c1-14-12-25(2,3)30(4)21-11-18(27)15(9-16(14)21)10-20-23(33)31(24(34)29-20)13-22(32)28-19-8-6-5-7-17(19)26/h5-11,14H,12-13H2,1-4H3,(H,28,32)(H,29,34)/b20-10+. The van der Waals surface area contributed by atoms with E-state index in [2.05, 4.69) is 31.4 Å². The first-order valence-electron chi connectivity index (χ1n) is 10.9. The molecular formula is C25H26F2N4O3. The lowest BCUT2D eigenvalue weighted by Crippen LogP contribution is -2.45. The zero-order chi connectivity index (χ0) is 24.8. The van der Waals surface area contributed by atoms with Gasteiger partial charge in [-0.2, -0.15) is 0 Å². The molecule has 178 valence electrons. The van der Waals surface area contributed by atoms with Crippen LogP contribution in [0, 0.1) is 11.6 Å². The van der Waals surface area contributed by atoms with Crippen LogP contribution in [0.25, 0.3) is 6.08 Å². The molecule has 2 heterocycles. The van der Waals surface area contributed by atoms with Gasteiger partial charge in [0.2, 0.25) is 5.91 Å². The van der Waals surface area contributed by atoms with Crippen molar-refractivity contribution in [3.63, 3.8) is 0 Å². The van der Waals surface area contributed by atoms with Crippen molar-refractivity contribution in [2.45, 2.75) is 38.6 Å². The van der Waals surface area contributed by atoms with E-state index in [1.54, 1.807) is 12.1 Å². The summed E-state index contributed by atoms with van der Waals surface area (Å²) in [7, 11) is 1.92. The molecule has 0 radical (unpaired) electrons. The van der Waals surface area contributed by atoms with Gasteiger partial charge in [0, 0.05) is 23.8 Å². The maximum absolute atomic E-state index is 15.0. The van der Waals surface area contributed by atoms with Crippen molar-refractivity contribution in [1.82, 2.24) is 10.2 Å². The van der Waals surface area contributed by atoms with Crippen LogP contribution in [0.5, 0.6) is 0 Å². The van der Waals surface area contributed by atoms with Gasteiger partial charge in [0.05, 0.1) is 5.69 Å². The molecule has 0 aliphatic carbocycles. The lowest BCUT2D eigenvalue weighted by atomic mass is 9.80. The molecule has 1 unspecified atom stereocenters. The first-order valence-corrected chi connectivity index (χ1v) is 10.9. The van der Waals surface area contributed by atoms with E-state index in [9.17, 15) is 23.2 Å². The highest BCUT2D eigenvalue weighted by molar-refractivity contribution is 6.16. The van der Waals surface area contributed by atoms with Crippen molar-refractivity contribution in [2.75, 3.05) is 23.8 Å². The van der Waals surface area contributed by atoms with Gasteiger partial charge in [0.15, 0.2) is 0 Å². The van der Waals surface area contributed by atoms with Crippen molar-refractivity contribution < 1.29 is 23.2 Å². The summed E-state index contributed by atoms with van der Waals surface area (Å²) in [5.41, 5.74) is 1.58. The highest BCUT2D eigenvalue weighted by atomic mass is 19.1. The number of carbonyl (C=O) groups excluding carboxylic acids is 3. The summed E-state index contributed by atoms with van der Waals surface area (Å²) in [6, 6.07) is 7.88. The fourth-order valence-corrected chi connectivity index (χ4v) is 4.48. The predicted molar refractivity (Wildman–Crippen MR) is 125 cm³/mol. The van der Waals surface area contributed by atoms with E-state index in [0.29, 0.717) is 4.90 Å². The van der Waals surface area contributed by atoms with E-state index >= 15 is 0 Å². The molecule has 1 fully saturated rings. The van der Waals surface area contributed by atoms with E-state index in [0.717, 1.165) is 17.7 Å². The summed E-state index contributed by atoms with van der Waals surface area (Å²) in [6.45, 7) is 5.66. The molecule has 9 heteroatoms. The number of benzene rings is 2. The number of nitrogens with one attached hydrogen (secondary N) is 2. The summed E-state index contributed by atoms with van der Waals surface area (Å²) in [4.78, 5) is 40.1. The number of urea groups is 1. The van der Waals surface area contributed by atoms with E-state index in [1.807, 2.05) is 11.9 Å². The van der Waals surface area contributed by atoms with Crippen LogP contribution in [0.4, 0.5) is 25.0 Å². The van der Waals surface area contributed by atoms with Gasteiger partial charge in [-0.05, 0) is 62.1 Å². The Bertz CT molecular complexity index is 1220. The average Bonchev–Trinajstić information content (AvgIpc) is 3.02. The Kier molecular flexibility index (Phi) is 5.89. The van der Waals surface area contributed by atoms with Gasteiger partial charge in [0.25, 0.3) is 5.91 Å². The van der Waals surface area contributed by atoms with Gasteiger partial charge in [0.1, 0.15) is 23.9 Å². The minimum absolute atomic E-state index is 0.0614. The second-order valence-corrected chi connectivity index (χ2v) is 9.32. The van der Waals surface area contributed by atoms with Crippen molar-refractivity contribution >= 4 is 35.3 Å². The van der Waals surface area contributed by atoms with Gasteiger partial charge in [-0.3, -0.25) is 9.59 Å². The number of hydrogen-bond acceptors (Lipinski definition) is 4. The Morgan fingerprint density at radius 2 is 1.91 bits per heavy atom. The van der Waals surface area contributed by atoms with E-state index < -0.39 is 36.0 Å². The molecule has 0 bridgehead atoms. The maximum atomic E-state index is 15.0. The summed E-state index contributed by atoms with van der Waals surface area (Å²) in [5, 5.41) is 4.72. The van der Waals surface area contributed by atoms with Gasteiger partial charge in [-0.25, -0.2) is 18.5 Å². The lowest BCUT2D eigenvalue weighted by molar-refractivity contribution is -0.127. The van der Waals surface area contributed by atoms with Gasteiger partial charge >= 0.3 is 6.03 Å². The van der Waals surface area contributed by atoms with Crippen molar-refractivity contribution in [3.8, 4) is 0 Å². The molecule has 4 amide bonds. The van der Waals surface area contributed by atoms with E-state index in [1.165, 1.54) is 30.3 Å². The molecule has 0 spiro atoms. The lowest BCUT2D eigenvalue weighted by Gasteiger charge is -2.45. The van der Waals surface area contributed by atoms with Crippen LogP contribution < -0.4 is 15.5 Å². The molecule has 0 saturated carbocycles. The van der Waals surface area contributed by atoms with Crippen LogP contribution in [0.1, 0.15) is 44.2 Å². The number of nitrogens with zero attached hydrogens (tertiary/aromatic N) is 2. The Morgan fingerprint density at radius 3 is 2.62 bits per heavy atom. The third kappa shape index (κ3) is 4.25. The highest BCUT2D eigenvalue weighted by Crippen LogP contribution is 2.43. The third-order valence-electron chi connectivity index (χ3n) is 6.46. The molecule has 2 aliphatic heterocycles. The Labute approximate surface area is 196 Å². The van der Waals surface area contributed by atoms with Crippen LogP contribution in [-0.2, 0) is 9.59 Å². The van der Waals surface area contributed by atoms with E-state index in [-0.39, 0.29) is 28.4 Å². The molecule has 2 N–H and O–H groups in total. The Hall–Kier alpha value is -3.75. The number of carbonyl (C=O) groups is 3. The fraction of sp³-hybridized carbons (Fsp3) is 0.320. The summed E-state index contributed by atoms with van der Waals surface area (Å²) in [6.07, 6.45) is 2.15. The van der Waals surface area contributed by atoms with Crippen molar-refractivity contribution in [3.05, 3.63) is 64.9 Å². The minimum atomic E-state index is -0.812. The zero-order valence-electron chi connectivity index (χ0n) is 19.4. The molecular weight excluding hydrogens is 442 g/mol. The van der Waals surface area contributed by atoms with Crippen LogP contribution >= 0.6 is 0 Å². The molecule has 7 nitrogen and oxygen atoms in total. The molecule has 4 rings (SSSR count). The Balaban J connectivity index is 1.55. The monoisotopic (exact) mass is 468 g/mol. The van der Waals surface area contributed by atoms with Crippen molar-refractivity contribution in [1.29, 1.82) is 0 Å². The van der Waals surface area contributed by atoms with E-state index in [4.69, 9.17) is 0 Å². The molecule has 1 atom stereocenters. The number of hydrogen-bond donors (Lipinski definition) is 2. The maximum Gasteiger partial charge on any atom is 0.329 e. The zero-order valence-corrected chi connectivity index (χ0v) is 19.4. The quantitative estimate of drug-likeness (QED) is 0.520. The molecule has 2 aliphatic rings. The third-order valence-corrected chi connectivity index (χ3v) is 6.46. The average molecular weight is 469 g/mol. The smallest absolute Gasteiger partial charge is 0.329 e. The predicted octanol–water partition coefficient (Wildman–Crippen LogP) is 4.22. The normalized spacial score (nSPS) is 20.4. The number of amides is 4. The van der Waals surface area contributed by atoms with Crippen LogP contribution in [0.3, 0.4) is 0 Å². The molecule has 2 aromatic rings. The molecule has 34 heavy (non-hydrogen) atoms. The minimum Gasteiger partial charge on any atom is -0.369 e. The summed E-state index contributed by atoms with van der Waals surface area (Å²) in [5.74, 6) is -2.50. The van der Waals surface area contributed by atoms with Gasteiger partial charge in [-0.15, -0.1) is 0 Å². The van der Waals surface area contributed by atoms with Gasteiger partial charge < -0.3 is 15.5 Å². The number of imide groups is 1. The second kappa shape index (κ2) is 8.55. The summed E-state index contributed by atoms with van der Waals surface area (Å²) < 4.78 is 28.7. The van der Waals surface area contributed by atoms with Gasteiger partial charge in [-0.1, -0.05) is 19.1 Å². The molecule has 0 aromatic heterocycles. The first-order chi connectivity index (χ1) is 16.0. The number of halogens is 2. The van der Waals surface area contributed by atoms with Crippen LogP contribution in [-0.4, -0.2) is 41.9 Å². The topological polar surface area (TPSA) is 81.8 Å². The number of fused-ring (bicyclic) bond motifs is 1.